The molecule has 3 aromatic rings. The average Bonchev–Trinajstić information content (AvgIpc) is 2.89. The quantitative estimate of drug-likeness (QED) is 0.447. The summed E-state index contributed by atoms with van der Waals surface area (Å²) >= 11 is 1.55. The van der Waals surface area contributed by atoms with E-state index >= 15 is 0 Å². The maximum atomic E-state index is 9.22. The normalized spacial score (nSPS) is 11.9. The van der Waals surface area contributed by atoms with Crippen LogP contribution in [0, 0.1) is 0 Å². The summed E-state index contributed by atoms with van der Waals surface area (Å²) in [5.41, 5.74) is 2.65. The number of nitrogens with zero attached hydrogens (tertiary/aromatic N) is 2. The van der Waals surface area contributed by atoms with Crippen molar-refractivity contribution in [1.29, 1.82) is 0 Å². The molecule has 1 N–H and O–H groups in total. The predicted octanol–water partition coefficient (Wildman–Crippen LogP) is 3.72. The van der Waals surface area contributed by atoms with Gasteiger partial charge in [-0.2, -0.15) is 0 Å². The minimum atomic E-state index is 0.581. The van der Waals surface area contributed by atoms with E-state index in [1.165, 1.54) is 0 Å². The van der Waals surface area contributed by atoms with E-state index in [9.17, 15) is 5.21 Å². The summed E-state index contributed by atoms with van der Waals surface area (Å²) in [6, 6.07) is 17.9. The van der Waals surface area contributed by atoms with Crippen LogP contribution < -0.4 is 0 Å². The van der Waals surface area contributed by atoms with Crippen LogP contribution >= 0.6 is 11.3 Å². The van der Waals surface area contributed by atoms with Crippen molar-refractivity contribution in [1.82, 2.24) is 4.98 Å². The highest BCUT2D eigenvalue weighted by molar-refractivity contribution is 7.20. The third kappa shape index (κ3) is 2.48. The van der Waals surface area contributed by atoms with Gasteiger partial charge in [0.05, 0.1) is 10.2 Å². The zero-order chi connectivity index (χ0) is 13.1. The Morgan fingerprint density at radius 3 is 2.53 bits per heavy atom. The molecule has 2 aromatic carbocycles. The third-order valence-electron chi connectivity index (χ3n) is 2.88. The second-order valence-corrected chi connectivity index (χ2v) is 5.23. The summed E-state index contributed by atoms with van der Waals surface area (Å²) in [5.74, 6) is 0. The molecule has 0 fully saturated rings. The molecule has 3 rings (SSSR count). The van der Waals surface area contributed by atoms with E-state index in [-0.39, 0.29) is 0 Å². The van der Waals surface area contributed by atoms with Crippen LogP contribution in [0.5, 0.6) is 0 Å². The van der Waals surface area contributed by atoms with Crippen molar-refractivity contribution in [2.75, 3.05) is 0 Å². The smallest absolute Gasteiger partial charge is 0.142 e. The van der Waals surface area contributed by atoms with Crippen LogP contribution in [0.3, 0.4) is 0 Å². The largest absolute Gasteiger partial charge is 0.411 e. The molecule has 19 heavy (non-hydrogen) atoms. The zero-order valence-corrected chi connectivity index (χ0v) is 11.0. The minimum absolute atomic E-state index is 0.581. The van der Waals surface area contributed by atoms with Crippen LogP contribution in [0.1, 0.15) is 10.6 Å². The maximum Gasteiger partial charge on any atom is 0.142 e. The molecule has 0 bridgehead atoms. The van der Waals surface area contributed by atoms with Crippen LogP contribution in [0.15, 0.2) is 59.8 Å². The van der Waals surface area contributed by atoms with Crippen molar-refractivity contribution >= 4 is 27.3 Å². The molecule has 4 heteroatoms. The van der Waals surface area contributed by atoms with Gasteiger partial charge in [0.25, 0.3) is 0 Å². The number of hydrogen-bond acceptors (Lipinski definition) is 4. The zero-order valence-electron chi connectivity index (χ0n) is 10.2. The second kappa shape index (κ2) is 5.20. The summed E-state index contributed by atoms with van der Waals surface area (Å²) in [5, 5.41) is 13.4. The number of thiazole rings is 1. The third-order valence-corrected chi connectivity index (χ3v) is 3.96. The Morgan fingerprint density at radius 1 is 1.05 bits per heavy atom. The Bertz CT molecular complexity index is 686. The summed E-state index contributed by atoms with van der Waals surface area (Å²) in [4.78, 5) is 4.51. The summed E-state index contributed by atoms with van der Waals surface area (Å²) in [6.07, 6.45) is 0.581. The molecule has 94 valence electrons. The standard InChI is InChI=1S/C15H12N2OS/c18-17-13(10-11-6-2-1-3-7-11)15-16-12-8-4-5-9-14(12)19-15/h1-9,18H,10H2/b17-13-. The van der Waals surface area contributed by atoms with Crippen LogP contribution in [-0.4, -0.2) is 15.9 Å². The second-order valence-electron chi connectivity index (χ2n) is 4.20. The first kappa shape index (κ1) is 11.9. The molecule has 0 amide bonds. The lowest BCUT2D eigenvalue weighted by Crippen LogP contribution is -2.04. The Kier molecular flexibility index (Phi) is 3.25. The molecule has 1 aromatic heterocycles. The van der Waals surface area contributed by atoms with Gasteiger partial charge in [-0.25, -0.2) is 4.98 Å². The molecule has 0 atom stereocenters. The molecule has 0 unspecified atom stereocenters. The van der Waals surface area contributed by atoms with Crippen molar-refractivity contribution in [3.63, 3.8) is 0 Å². The van der Waals surface area contributed by atoms with Gasteiger partial charge in [0.1, 0.15) is 10.7 Å². The fraction of sp³-hybridized carbons (Fsp3) is 0.0667. The first-order valence-electron chi connectivity index (χ1n) is 5.97. The van der Waals surface area contributed by atoms with Gasteiger partial charge in [-0.05, 0) is 17.7 Å². The van der Waals surface area contributed by atoms with Crippen LogP contribution in [0.2, 0.25) is 0 Å². The number of aromatic nitrogens is 1. The molecule has 0 radical (unpaired) electrons. The molecular formula is C15H12N2OS. The lowest BCUT2D eigenvalue weighted by molar-refractivity contribution is 0.318. The van der Waals surface area contributed by atoms with Gasteiger partial charge >= 0.3 is 0 Å². The van der Waals surface area contributed by atoms with Crippen LogP contribution in [0.4, 0.5) is 0 Å². The SMILES string of the molecule is O/N=C(/Cc1ccccc1)c1nc2ccccc2s1. The van der Waals surface area contributed by atoms with Crippen molar-refractivity contribution in [3.8, 4) is 0 Å². The van der Waals surface area contributed by atoms with E-state index in [1.54, 1.807) is 11.3 Å². The van der Waals surface area contributed by atoms with Gasteiger partial charge in [-0.3, -0.25) is 0 Å². The topological polar surface area (TPSA) is 45.5 Å². The van der Waals surface area contributed by atoms with E-state index in [1.807, 2.05) is 54.6 Å². The molecule has 3 nitrogen and oxygen atoms in total. The highest BCUT2D eigenvalue weighted by Crippen LogP contribution is 2.23. The van der Waals surface area contributed by atoms with E-state index in [4.69, 9.17) is 0 Å². The maximum absolute atomic E-state index is 9.22. The molecule has 0 aliphatic rings. The highest BCUT2D eigenvalue weighted by atomic mass is 32.1. The minimum Gasteiger partial charge on any atom is -0.411 e. The van der Waals surface area contributed by atoms with Gasteiger partial charge in [-0.15, -0.1) is 11.3 Å². The first-order chi connectivity index (χ1) is 9.36. The number of benzene rings is 2. The van der Waals surface area contributed by atoms with E-state index < -0.39 is 0 Å². The predicted molar refractivity (Wildman–Crippen MR) is 78.1 cm³/mol. The Balaban J connectivity index is 1.94. The monoisotopic (exact) mass is 268 g/mol. The lowest BCUT2D eigenvalue weighted by Gasteiger charge is -2.00. The number of oxime groups is 1. The summed E-state index contributed by atoms with van der Waals surface area (Å²) in [7, 11) is 0. The Hall–Kier alpha value is -2.20. The van der Waals surface area contributed by atoms with E-state index in [0.29, 0.717) is 12.1 Å². The molecule has 0 saturated carbocycles. The summed E-state index contributed by atoms with van der Waals surface area (Å²) < 4.78 is 1.10. The number of fused-ring (bicyclic) bond motifs is 1. The molecule has 0 saturated heterocycles. The van der Waals surface area contributed by atoms with Gasteiger partial charge < -0.3 is 5.21 Å². The molecular weight excluding hydrogens is 256 g/mol. The van der Waals surface area contributed by atoms with Crippen molar-refractivity contribution in [2.24, 2.45) is 5.16 Å². The van der Waals surface area contributed by atoms with Crippen LogP contribution in [-0.2, 0) is 6.42 Å². The van der Waals surface area contributed by atoms with E-state index in [2.05, 4.69) is 10.1 Å². The lowest BCUT2D eigenvalue weighted by atomic mass is 10.1. The number of para-hydroxylation sites is 1. The van der Waals surface area contributed by atoms with Gasteiger partial charge in [0.2, 0.25) is 0 Å². The highest BCUT2D eigenvalue weighted by Gasteiger charge is 2.11. The van der Waals surface area contributed by atoms with E-state index in [0.717, 1.165) is 20.8 Å². The van der Waals surface area contributed by atoms with Crippen molar-refractivity contribution in [3.05, 3.63) is 65.2 Å². The van der Waals surface area contributed by atoms with Crippen molar-refractivity contribution < 1.29 is 5.21 Å². The fourth-order valence-corrected chi connectivity index (χ4v) is 2.89. The van der Waals surface area contributed by atoms with Gasteiger partial charge in [0.15, 0.2) is 0 Å². The number of rotatable bonds is 3. The van der Waals surface area contributed by atoms with Crippen LogP contribution in [0.25, 0.3) is 10.2 Å². The molecule has 0 aliphatic carbocycles. The van der Waals surface area contributed by atoms with Crippen molar-refractivity contribution in [2.45, 2.75) is 6.42 Å². The molecule has 0 aliphatic heterocycles. The van der Waals surface area contributed by atoms with Gasteiger partial charge in [0, 0.05) is 6.42 Å². The number of hydrogen-bond donors (Lipinski definition) is 1. The summed E-state index contributed by atoms with van der Waals surface area (Å²) in [6.45, 7) is 0. The first-order valence-corrected chi connectivity index (χ1v) is 6.79. The Labute approximate surface area is 114 Å². The van der Waals surface area contributed by atoms with Gasteiger partial charge in [-0.1, -0.05) is 47.6 Å². The fourth-order valence-electron chi connectivity index (χ4n) is 1.94. The molecule has 1 heterocycles. The average molecular weight is 268 g/mol. The Morgan fingerprint density at radius 2 is 1.79 bits per heavy atom. The molecule has 0 spiro atoms.